The smallest absolute Gasteiger partial charge is 0.191 e. The quantitative estimate of drug-likeness (QED) is 0.511. The second kappa shape index (κ2) is 11.4. The number of ether oxygens (including phenoxy) is 1. The van der Waals surface area contributed by atoms with Crippen LogP contribution in [-0.2, 0) is 10.8 Å². The third-order valence-corrected chi connectivity index (χ3v) is 7.15. The van der Waals surface area contributed by atoms with Crippen LogP contribution in [0.4, 0.5) is 0 Å². The molecule has 6 nitrogen and oxygen atoms in total. The molecule has 0 spiro atoms. The molecule has 4 unspecified atom stereocenters. The Morgan fingerprint density at radius 3 is 2.82 bits per heavy atom. The topological polar surface area (TPSA) is 66.0 Å². The van der Waals surface area contributed by atoms with Crippen LogP contribution in [0.2, 0.25) is 0 Å². The molecule has 0 bridgehead atoms. The summed E-state index contributed by atoms with van der Waals surface area (Å²) in [5, 5.41) is 7.32. The van der Waals surface area contributed by atoms with E-state index in [-0.39, 0.29) is 6.04 Å². The van der Waals surface area contributed by atoms with E-state index in [1.165, 1.54) is 5.56 Å². The maximum absolute atomic E-state index is 12.2. The minimum absolute atomic E-state index is 0.195. The number of likely N-dealkylation sites (N-methyl/N-ethyl adjacent to an activating group) is 1. The van der Waals surface area contributed by atoms with Crippen molar-refractivity contribution in [3.05, 3.63) is 29.8 Å². The normalized spacial score (nSPS) is 22.6. The highest BCUT2D eigenvalue weighted by molar-refractivity contribution is 7.85. The molecule has 4 atom stereocenters. The van der Waals surface area contributed by atoms with Crippen LogP contribution < -0.4 is 15.4 Å². The average molecular weight is 409 g/mol. The molecule has 0 amide bonds. The molecule has 7 heteroatoms. The number of hydrogen-bond donors (Lipinski definition) is 2. The standard InChI is InChI=1S/C21H36N4O2S/c1-6-28(26)19-12-8-10-17(14-19)24-21(22-2)23-15-20(25(3)4)16-9-7-11-18(13-16)27-5/h7,9,11,13,17,19-20H,6,8,10,12,14-15H2,1-5H3,(H2,22,23,24). The van der Waals surface area contributed by atoms with E-state index in [9.17, 15) is 4.21 Å². The first-order valence-corrected chi connectivity index (χ1v) is 11.5. The fourth-order valence-corrected chi connectivity index (χ4v) is 5.13. The van der Waals surface area contributed by atoms with Gasteiger partial charge in [0.15, 0.2) is 5.96 Å². The molecule has 0 saturated heterocycles. The number of guanidine groups is 1. The Hall–Kier alpha value is -1.60. The van der Waals surface area contributed by atoms with Crippen LogP contribution in [-0.4, -0.2) is 66.9 Å². The molecule has 0 aromatic heterocycles. The third kappa shape index (κ3) is 6.48. The van der Waals surface area contributed by atoms with Crippen LogP contribution in [0.5, 0.6) is 5.75 Å². The largest absolute Gasteiger partial charge is 0.497 e. The lowest BCUT2D eigenvalue weighted by atomic mass is 9.95. The van der Waals surface area contributed by atoms with Crippen molar-refractivity contribution < 1.29 is 8.95 Å². The van der Waals surface area contributed by atoms with E-state index in [1.54, 1.807) is 14.2 Å². The number of benzene rings is 1. The van der Waals surface area contributed by atoms with E-state index in [0.29, 0.717) is 11.3 Å². The fraction of sp³-hybridized carbons (Fsp3) is 0.667. The van der Waals surface area contributed by atoms with Gasteiger partial charge in [0.05, 0.1) is 13.2 Å². The zero-order valence-electron chi connectivity index (χ0n) is 17.9. The van der Waals surface area contributed by atoms with Crippen molar-refractivity contribution in [3.63, 3.8) is 0 Å². The lowest BCUT2D eigenvalue weighted by Crippen LogP contribution is -2.48. The van der Waals surface area contributed by atoms with E-state index in [2.05, 4.69) is 46.8 Å². The van der Waals surface area contributed by atoms with Gasteiger partial charge in [-0.15, -0.1) is 0 Å². The number of nitrogens with zero attached hydrogens (tertiary/aromatic N) is 2. The summed E-state index contributed by atoms with van der Waals surface area (Å²) in [7, 11) is 6.93. The average Bonchev–Trinajstić information content (AvgIpc) is 2.72. The van der Waals surface area contributed by atoms with E-state index >= 15 is 0 Å². The van der Waals surface area contributed by atoms with Crippen molar-refractivity contribution in [1.82, 2.24) is 15.5 Å². The first kappa shape index (κ1) is 22.7. The van der Waals surface area contributed by atoms with Crippen LogP contribution in [0.3, 0.4) is 0 Å². The van der Waals surface area contributed by atoms with Gasteiger partial charge in [-0.3, -0.25) is 9.20 Å². The SMILES string of the molecule is CCS(=O)C1CCCC(NC(=NC)NCC(c2cccc(OC)c2)N(C)C)C1. The van der Waals surface area contributed by atoms with Gasteiger partial charge in [0.2, 0.25) is 0 Å². The molecular weight excluding hydrogens is 372 g/mol. The lowest BCUT2D eigenvalue weighted by Gasteiger charge is -2.31. The number of methoxy groups -OCH3 is 1. The molecule has 1 aliphatic carbocycles. The summed E-state index contributed by atoms with van der Waals surface area (Å²) in [6.45, 7) is 2.74. The molecule has 28 heavy (non-hydrogen) atoms. The molecule has 0 heterocycles. The summed E-state index contributed by atoms with van der Waals surface area (Å²) in [6, 6.07) is 8.71. The summed E-state index contributed by atoms with van der Waals surface area (Å²) in [5.41, 5.74) is 1.20. The van der Waals surface area contributed by atoms with Crippen LogP contribution in [0.15, 0.2) is 29.3 Å². The molecule has 158 valence electrons. The summed E-state index contributed by atoms with van der Waals surface area (Å²) in [4.78, 5) is 6.60. The number of nitrogens with one attached hydrogen (secondary N) is 2. The van der Waals surface area contributed by atoms with Crippen LogP contribution >= 0.6 is 0 Å². The first-order valence-electron chi connectivity index (χ1n) is 10.1. The Balaban J connectivity index is 1.96. The Morgan fingerprint density at radius 1 is 1.39 bits per heavy atom. The summed E-state index contributed by atoms with van der Waals surface area (Å²) >= 11 is 0. The minimum atomic E-state index is -0.715. The zero-order chi connectivity index (χ0) is 20.5. The summed E-state index contributed by atoms with van der Waals surface area (Å²) < 4.78 is 17.6. The van der Waals surface area contributed by atoms with Crippen molar-refractivity contribution in [3.8, 4) is 5.75 Å². The van der Waals surface area contributed by atoms with Gasteiger partial charge in [0, 0.05) is 41.4 Å². The van der Waals surface area contributed by atoms with Crippen molar-refractivity contribution in [2.45, 2.75) is 49.9 Å². The van der Waals surface area contributed by atoms with Gasteiger partial charge in [0.1, 0.15) is 5.75 Å². The lowest BCUT2D eigenvalue weighted by molar-refractivity contribution is 0.296. The summed E-state index contributed by atoms with van der Waals surface area (Å²) in [5.74, 6) is 2.42. The van der Waals surface area contributed by atoms with Gasteiger partial charge in [-0.2, -0.15) is 0 Å². The van der Waals surface area contributed by atoms with Gasteiger partial charge in [-0.05, 0) is 51.1 Å². The maximum Gasteiger partial charge on any atom is 0.191 e. The van der Waals surface area contributed by atoms with E-state index in [4.69, 9.17) is 4.74 Å². The van der Waals surface area contributed by atoms with Crippen LogP contribution in [0.1, 0.15) is 44.2 Å². The number of rotatable bonds is 8. The van der Waals surface area contributed by atoms with Crippen molar-refractivity contribution in [2.75, 3.05) is 40.6 Å². The van der Waals surface area contributed by atoms with Gasteiger partial charge in [-0.1, -0.05) is 25.5 Å². The molecule has 1 fully saturated rings. The first-order chi connectivity index (χ1) is 13.5. The molecule has 0 aliphatic heterocycles. The third-order valence-electron chi connectivity index (χ3n) is 5.41. The van der Waals surface area contributed by atoms with Crippen molar-refractivity contribution in [1.29, 1.82) is 0 Å². The Kier molecular flexibility index (Phi) is 9.25. The van der Waals surface area contributed by atoms with E-state index in [0.717, 1.165) is 49.7 Å². The van der Waals surface area contributed by atoms with Gasteiger partial charge >= 0.3 is 0 Å². The predicted octanol–water partition coefficient (Wildman–Crippen LogP) is 2.54. The Bertz CT molecular complexity index is 666. The van der Waals surface area contributed by atoms with Gasteiger partial charge in [-0.25, -0.2) is 0 Å². The highest BCUT2D eigenvalue weighted by Crippen LogP contribution is 2.24. The molecule has 1 saturated carbocycles. The second-order valence-electron chi connectivity index (χ2n) is 7.51. The maximum atomic E-state index is 12.2. The second-order valence-corrected chi connectivity index (χ2v) is 9.51. The van der Waals surface area contributed by atoms with Crippen LogP contribution in [0, 0.1) is 0 Å². The Morgan fingerprint density at radius 2 is 2.18 bits per heavy atom. The molecule has 2 N–H and O–H groups in total. The van der Waals surface area contributed by atoms with Gasteiger partial charge in [0.25, 0.3) is 0 Å². The number of hydrogen-bond acceptors (Lipinski definition) is 4. The fourth-order valence-electron chi connectivity index (χ4n) is 3.78. The Labute approximate surface area is 172 Å². The minimum Gasteiger partial charge on any atom is -0.497 e. The van der Waals surface area contributed by atoms with E-state index in [1.807, 2.05) is 19.1 Å². The van der Waals surface area contributed by atoms with Crippen molar-refractivity contribution >= 4 is 16.8 Å². The van der Waals surface area contributed by atoms with Crippen LogP contribution in [0.25, 0.3) is 0 Å². The van der Waals surface area contributed by atoms with Gasteiger partial charge < -0.3 is 20.3 Å². The molecule has 1 aromatic rings. The summed E-state index contributed by atoms with van der Waals surface area (Å²) in [6.07, 6.45) is 4.25. The molecule has 1 aliphatic rings. The highest BCUT2D eigenvalue weighted by atomic mass is 32.2. The molecule has 2 rings (SSSR count). The molecule has 0 radical (unpaired) electrons. The molecular formula is C21H36N4O2S. The van der Waals surface area contributed by atoms with Crippen molar-refractivity contribution in [2.24, 2.45) is 4.99 Å². The highest BCUT2D eigenvalue weighted by Gasteiger charge is 2.26. The number of aliphatic imine (C=N–C) groups is 1. The zero-order valence-corrected chi connectivity index (χ0v) is 18.7. The monoisotopic (exact) mass is 408 g/mol. The van der Waals surface area contributed by atoms with E-state index < -0.39 is 10.8 Å². The predicted molar refractivity (Wildman–Crippen MR) is 119 cm³/mol. The molecule has 1 aromatic carbocycles.